The molecule has 1 amide bonds. The summed E-state index contributed by atoms with van der Waals surface area (Å²) in [6.07, 6.45) is 2.50. The Bertz CT molecular complexity index is 948. The van der Waals surface area contributed by atoms with Crippen molar-refractivity contribution in [3.63, 3.8) is 0 Å². The van der Waals surface area contributed by atoms with Gasteiger partial charge in [-0.05, 0) is 62.0 Å². The molecule has 2 aromatic heterocycles. The van der Waals surface area contributed by atoms with Gasteiger partial charge in [-0.15, -0.1) is 0 Å². The Labute approximate surface area is 172 Å². The van der Waals surface area contributed by atoms with Crippen molar-refractivity contribution in [1.29, 1.82) is 0 Å². The largest absolute Gasteiger partial charge is 0.393 e. The van der Waals surface area contributed by atoms with Crippen LogP contribution in [0.4, 0.5) is 13.2 Å². The van der Waals surface area contributed by atoms with E-state index in [1.54, 1.807) is 16.6 Å². The second kappa shape index (κ2) is 7.21. The zero-order chi connectivity index (χ0) is 21.0. The Kier molecular flexibility index (Phi) is 4.76. The van der Waals surface area contributed by atoms with E-state index in [0.717, 1.165) is 30.4 Å². The van der Waals surface area contributed by atoms with E-state index in [9.17, 15) is 18.0 Å². The summed E-state index contributed by atoms with van der Waals surface area (Å²) >= 11 is 0. The molecule has 3 atom stereocenters. The van der Waals surface area contributed by atoms with Gasteiger partial charge < -0.3 is 11.1 Å². The Morgan fingerprint density at radius 1 is 1.20 bits per heavy atom. The van der Waals surface area contributed by atoms with Gasteiger partial charge in [-0.25, -0.2) is 9.50 Å². The fourth-order valence-electron chi connectivity index (χ4n) is 4.99. The number of halogens is 3. The summed E-state index contributed by atoms with van der Waals surface area (Å²) in [4.78, 5) is 16.7. The minimum absolute atomic E-state index is 0.123. The molecule has 3 aliphatic rings. The number of hydrogen-bond donors (Lipinski definition) is 2. The van der Waals surface area contributed by atoms with Crippen molar-refractivity contribution in [1.82, 2.24) is 19.9 Å². The minimum atomic E-state index is -4.31. The lowest BCUT2D eigenvalue weighted by molar-refractivity contribution is -0.183. The molecule has 30 heavy (non-hydrogen) atoms. The maximum Gasteiger partial charge on any atom is 0.393 e. The number of rotatable bonds is 5. The fourth-order valence-corrected chi connectivity index (χ4v) is 4.99. The molecule has 3 N–H and O–H groups in total. The van der Waals surface area contributed by atoms with Gasteiger partial charge in [0, 0.05) is 18.9 Å². The Morgan fingerprint density at radius 2 is 1.97 bits per heavy atom. The van der Waals surface area contributed by atoms with Crippen molar-refractivity contribution in [3.05, 3.63) is 29.7 Å². The zero-order valence-electron chi connectivity index (χ0n) is 16.6. The maximum absolute atomic E-state index is 13.0. The summed E-state index contributed by atoms with van der Waals surface area (Å²) in [7, 11) is 0. The first-order valence-electron chi connectivity index (χ1n) is 10.7. The number of carbonyl (C=O) groups excluding carboxylic acids is 1. The normalized spacial score (nSPS) is 30.7. The summed E-state index contributed by atoms with van der Waals surface area (Å²) in [5.41, 5.74) is 8.47. The molecule has 162 valence electrons. The number of imidazole rings is 1. The number of piperidine rings is 1. The van der Waals surface area contributed by atoms with Crippen LogP contribution in [0, 0.1) is 29.6 Å². The van der Waals surface area contributed by atoms with Crippen LogP contribution < -0.4 is 11.1 Å². The standard InChI is InChI=1S/C21H26F3N5O/c22-21(23,24)15-7-14(20(30)26-9-15)8-16-3-4-18-27-17(10-29(18)28-16)19(25)13-5-12(6-13)11-1-2-11/h3-4,10-15,19H,1-2,5-9,25H2,(H,26,30)/t12?,13?,14?,15-,19+/m1/s1. The Hall–Kier alpha value is -2.16. The van der Waals surface area contributed by atoms with E-state index in [2.05, 4.69) is 15.4 Å². The number of nitrogens with one attached hydrogen (secondary N) is 1. The molecule has 3 heterocycles. The second-order valence-corrected chi connectivity index (χ2v) is 9.27. The average molecular weight is 421 g/mol. The molecule has 2 aromatic rings. The summed E-state index contributed by atoms with van der Waals surface area (Å²) in [5, 5.41) is 6.87. The van der Waals surface area contributed by atoms with Gasteiger partial charge in [0.1, 0.15) is 0 Å². The molecule has 0 bridgehead atoms. The monoisotopic (exact) mass is 421 g/mol. The number of carbonyl (C=O) groups is 1. The van der Waals surface area contributed by atoms with Crippen LogP contribution in [0.3, 0.4) is 0 Å². The van der Waals surface area contributed by atoms with Crippen LogP contribution in [0.5, 0.6) is 0 Å². The van der Waals surface area contributed by atoms with Crippen LogP contribution in [0.1, 0.15) is 49.5 Å². The van der Waals surface area contributed by atoms with Crippen molar-refractivity contribution < 1.29 is 18.0 Å². The molecular formula is C21H26F3N5O. The van der Waals surface area contributed by atoms with Crippen molar-refractivity contribution in [2.45, 2.75) is 50.7 Å². The van der Waals surface area contributed by atoms with Gasteiger partial charge in [-0.3, -0.25) is 4.79 Å². The molecule has 1 unspecified atom stereocenters. The van der Waals surface area contributed by atoms with Crippen molar-refractivity contribution in [2.75, 3.05) is 6.54 Å². The third-order valence-electron chi connectivity index (χ3n) is 7.12. The Morgan fingerprint density at radius 3 is 2.67 bits per heavy atom. The molecule has 6 nitrogen and oxygen atoms in total. The van der Waals surface area contributed by atoms with E-state index in [4.69, 9.17) is 5.73 Å². The first-order valence-corrected chi connectivity index (χ1v) is 10.7. The maximum atomic E-state index is 13.0. The van der Waals surface area contributed by atoms with Gasteiger partial charge in [0.05, 0.1) is 29.5 Å². The highest BCUT2D eigenvalue weighted by Crippen LogP contribution is 2.52. The summed E-state index contributed by atoms with van der Waals surface area (Å²) in [5.74, 6) is -0.414. The predicted molar refractivity (Wildman–Crippen MR) is 103 cm³/mol. The molecule has 2 aliphatic carbocycles. The molecule has 1 saturated heterocycles. The molecule has 0 spiro atoms. The Balaban J connectivity index is 1.27. The number of fused-ring (bicyclic) bond motifs is 1. The smallest absolute Gasteiger partial charge is 0.355 e. The lowest BCUT2D eigenvalue weighted by Gasteiger charge is -2.38. The lowest BCUT2D eigenvalue weighted by atomic mass is 9.68. The molecule has 0 radical (unpaired) electrons. The predicted octanol–water partition coefficient (Wildman–Crippen LogP) is 3.02. The van der Waals surface area contributed by atoms with Crippen LogP contribution in [-0.4, -0.2) is 33.2 Å². The first kappa shape index (κ1) is 19.8. The van der Waals surface area contributed by atoms with Gasteiger partial charge in [0.2, 0.25) is 5.91 Å². The molecule has 9 heteroatoms. The minimum Gasteiger partial charge on any atom is -0.355 e. The van der Waals surface area contributed by atoms with Crippen LogP contribution in [0.25, 0.3) is 5.65 Å². The molecule has 5 rings (SSSR count). The SMILES string of the molecule is N[C@H](c1cn2nc(CC3C[C@@H](C(F)(F)F)CNC3=O)ccc2n1)C1CC(C2CC2)C1. The summed E-state index contributed by atoms with van der Waals surface area (Å²) < 4.78 is 40.8. The van der Waals surface area contributed by atoms with E-state index >= 15 is 0 Å². The van der Waals surface area contributed by atoms with Crippen LogP contribution in [-0.2, 0) is 11.2 Å². The van der Waals surface area contributed by atoms with Gasteiger partial charge in [0.15, 0.2) is 5.65 Å². The zero-order valence-corrected chi connectivity index (χ0v) is 16.6. The number of nitrogens with zero attached hydrogens (tertiary/aromatic N) is 3. The van der Waals surface area contributed by atoms with E-state index < -0.39 is 18.0 Å². The number of amides is 1. The van der Waals surface area contributed by atoms with E-state index in [1.807, 2.05) is 6.20 Å². The molecule has 3 fully saturated rings. The summed E-state index contributed by atoms with van der Waals surface area (Å²) in [6.45, 7) is -0.350. The first-order chi connectivity index (χ1) is 14.3. The highest BCUT2D eigenvalue weighted by Gasteiger charge is 2.45. The molecule has 1 aliphatic heterocycles. The second-order valence-electron chi connectivity index (χ2n) is 9.27. The van der Waals surface area contributed by atoms with Gasteiger partial charge >= 0.3 is 6.18 Å². The topological polar surface area (TPSA) is 85.3 Å². The third kappa shape index (κ3) is 3.79. The number of aromatic nitrogens is 3. The quantitative estimate of drug-likeness (QED) is 0.777. The van der Waals surface area contributed by atoms with Crippen LogP contribution >= 0.6 is 0 Å². The van der Waals surface area contributed by atoms with Crippen molar-refractivity contribution in [2.24, 2.45) is 35.3 Å². The third-order valence-corrected chi connectivity index (χ3v) is 7.12. The highest BCUT2D eigenvalue weighted by molar-refractivity contribution is 5.79. The number of alkyl halides is 3. The fraction of sp³-hybridized carbons (Fsp3) is 0.667. The van der Waals surface area contributed by atoms with Crippen molar-refractivity contribution >= 4 is 11.6 Å². The molecular weight excluding hydrogens is 395 g/mol. The van der Waals surface area contributed by atoms with Gasteiger partial charge in [0.25, 0.3) is 0 Å². The highest BCUT2D eigenvalue weighted by atomic mass is 19.4. The van der Waals surface area contributed by atoms with Crippen molar-refractivity contribution in [3.8, 4) is 0 Å². The number of nitrogens with two attached hydrogens (primary N) is 1. The molecule has 0 aromatic carbocycles. The average Bonchev–Trinajstić information content (AvgIpc) is 3.38. The number of hydrogen-bond acceptors (Lipinski definition) is 4. The van der Waals surface area contributed by atoms with E-state index in [-0.39, 0.29) is 31.3 Å². The van der Waals surface area contributed by atoms with Crippen LogP contribution in [0.15, 0.2) is 18.3 Å². The van der Waals surface area contributed by atoms with Gasteiger partial charge in [-0.2, -0.15) is 18.3 Å². The van der Waals surface area contributed by atoms with Gasteiger partial charge in [-0.1, -0.05) is 0 Å². The van der Waals surface area contributed by atoms with Crippen LogP contribution in [0.2, 0.25) is 0 Å². The lowest BCUT2D eigenvalue weighted by Crippen LogP contribution is -2.47. The molecule has 2 saturated carbocycles. The van der Waals surface area contributed by atoms with E-state index in [1.165, 1.54) is 12.8 Å². The summed E-state index contributed by atoms with van der Waals surface area (Å²) in [6, 6.07) is 3.39. The van der Waals surface area contributed by atoms with E-state index in [0.29, 0.717) is 17.3 Å².